The summed E-state index contributed by atoms with van der Waals surface area (Å²) in [6.07, 6.45) is 6.53. The topological polar surface area (TPSA) is 77.0 Å². The number of imidazole rings is 1. The molecule has 6 rings (SSSR count). The van der Waals surface area contributed by atoms with Gasteiger partial charge in [-0.25, -0.2) is 14.6 Å². The lowest BCUT2D eigenvalue weighted by Gasteiger charge is -2.41. The highest BCUT2D eigenvalue weighted by Crippen LogP contribution is 2.42. The van der Waals surface area contributed by atoms with Crippen molar-refractivity contribution >= 4 is 23.4 Å². The fourth-order valence-corrected chi connectivity index (χ4v) is 7.49. The SMILES string of the molecule is Cc1ccc(NC(=O)N(CCCN2[C@@H]3CC[C@H]2CC(n2c(C)nc4c2CCN(C(=O)N(C)C)C4)C3)c2ccccc2)cc1. The summed E-state index contributed by atoms with van der Waals surface area (Å²) in [7, 11) is 3.62. The van der Waals surface area contributed by atoms with Crippen LogP contribution in [0, 0.1) is 13.8 Å². The number of fused-ring (bicyclic) bond motifs is 3. The number of carbonyl (C=O) groups excluding carboxylic acids is 2. The minimum atomic E-state index is -0.0945. The molecule has 9 nitrogen and oxygen atoms in total. The molecule has 1 N–H and O–H groups in total. The second-order valence-corrected chi connectivity index (χ2v) is 12.7. The van der Waals surface area contributed by atoms with E-state index in [2.05, 4.69) is 21.7 Å². The average molecular weight is 584 g/mol. The number of hydrogen-bond donors (Lipinski definition) is 1. The summed E-state index contributed by atoms with van der Waals surface area (Å²) >= 11 is 0. The molecule has 3 atom stereocenters. The molecule has 2 aromatic carbocycles. The van der Waals surface area contributed by atoms with Gasteiger partial charge in [0, 0.05) is 75.3 Å². The van der Waals surface area contributed by atoms with Crippen molar-refractivity contribution in [3.8, 4) is 0 Å². The summed E-state index contributed by atoms with van der Waals surface area (Å²) in [6, 6.07) is 19.5. The summed E-state index contributed by atoms with van der Waals surface area (Å²) in [4.78, 5) is 39.1. The second kappa shape index (κ2) is 12.4. The van der Waals surface area contributed by atoms with Gasteiger partial charge in [0.15, 0.2) is 0 Å². The molecule has 2 saturated heterocycles. The van der Waals surface area contributed by atoms with E-state index in [4.69, 9.17) is 4.98 Å². The number of rotatable bonds is 7. The van der Waals surface area contributed by atoms with E-state index >= 15 is 0 Å². The van der Waals surface area contributed by atoms with Crippen molar-refractivity contribution in [1.29, 1.82) is 0 Å². The lowest BCUT2D eigenvalue weighted by Crippen LogP contribution is -2.46. The Hall–Kier alpha value is -3.85. The summed E-state index contributed by atoms with van der Waals surface area (Å²) in [5.41, 5.74) is 5.29. The van der Waals surface area contributed by atoms with Crippen LogP contribution in [0.1, 0.15) is 60.9 Å². The Morgan fingerprint density at radius 1 is 0.953 bits per heavy atom. The highest BCUT2D eigenvalue weighted by atomic mass is 16.2. The molecule has 0 spiro atoms. The predicted octanol–water partition coefficient (Wildman–Crippen LogP) is 5.84. The molecule has 0 radical (unpaired) electrons. The first kappa shape index (κ1) is 29.2. The van der Waals surface area contributed by atoms with E-state index in [0.29, 0.717) is 31.2 Å². The zero-order valence-electron chi connectivity index (χ0n) is 26.0. The Labute approximate surface area is 255 Å². The zero-order valence-corrected chi connectivity index (χ0v) is 26.0. The van der Waals surface area contributed by atoms with Crippen molar-refractivity contribution in [1.82, 2.24) is 24.3 Å². The predicted molar refractivity (Wildman–Crippen MR) is 171 cm³/mol. The van der Waals surface area contributed by atoms with Crippen molar-refractivity contribution in [2.75, 3.05) is 43.9 Å². The molecule has 4 heterocycles. The maximum atomic E-state index is 13.4. The lowest BCUT2D eigenvalue weighted by atomic mass is 9.95. The van der Waals surface area contributed by atoms with Gasteiger partial charge < -0.3 is 19.7 Å². The first-order valence-electron chi connectivity index (χ1n) is 15.8. The van der Waals surface area contributed by atoms with Gasteiger partial charge in [-0.3, -0.25) is 9.80 Å². The Kier molecular flexibility index (Phi) is 8.43. The number of nitrogens with one attached hydrogen (secondary N) is 1. The molecule has 2 bridgehead atoms. The van der Waals surface area contributed by atoms with Crippen LogP contribution in [0.25, 0.3) is 0 Å². The van der Waals surface area contributed by atoms with Crippen LogP contribution in [-0.4, -0.2) is 82.1 Å². The third-order valence-electron chi connectivity index (χ3n) is 9.52. The average Bonchev–Trinajstić information content (AvgIpc) is 3.45. The second-order valence-electron chi connectivity index (χ2n) is 12.7. The molecule has 0 aliphatic carbocycles. The van der Waals surface area contributed by atoms with Crippen LogP contribution in [0.4, 0.5) is 21.0 Å². The smallest absolute Gasteiger partial charge is 0.326 e. The van der Waals surface area contributed by atoms with Gasteiger partial charge in [-0.05, 0) is 70.2 Å². The Balaban J connectivity index is 1.09. The standard InChI is InChI=1S/C34H45N7O2/c1-24-11-13-26(14-12-24)36-33(42)40(27-9-6-5-7-10-27)19-8-18-39-28-15-16-29(39)22-30(21-28)41-25(2)35-31-23-38(20-17-32(31)41)34(43)37(3)4/h5-7,9-14,28-30H,8,15-23H2,1-4H3,(H,36,42)/t28-,29+,30?. The van der Waals surface area contributed by atoms with Crippen LogP contribution in [0.5, 0.6) is 0 Å². The number of urea groups is 2. The molecule has 43 heavy (non-hydrogen) atoms. The van der Waals surface area contributed by atoms with E-state index < -0.39 is 0 Å². The number of carbonyl (C=O) groups is 2. The molecule has 1 aromatic heterocycles. The summed E-state index contributed by atoms with van der Waals surface area (Å²) in [5, 5.41) is 3.09. The summed E-state index contributed by atoms with van der Waals surface area (Å²) < 4.78 is 2.52. The van der Waals surface area contributed by atoms with E-state index in [-0.39, 0.29) is 12.1 Å². The normalized spacial score (nSPS) is 21.4. The van der Waals surface area contributed by atoms with Crippen LogP contribution < -0.4 is 10.2 Å². The Bertz CT molecular complexity index is 1420. The third-order valence-corrected chi connectivity index (χ3v) is 9.52. The van der Waals surface area contributed by atoms with Crippen molar-refractivity contribution in [2.24, 2.45) is 0 Å². The monoisotopic (exact) mass is 583 g/mol. The van der Waals surface area contributed by atoms with Crippen LogP contribution in [0.15, 0.2) is 54.6 Å². The first-order valence-corrected chi connectivity index (χ1v) is 15.8. The molecule has 3 aromatic rings. The molecule has 9 heteroatoms. The fourth-order valence-electron chi connectivity index (χ4n) is 7.49. The number of aryl methyl sites for hydroxylation is 2. The number of piperidine rings is 1. The molecular weight excluding hydrogens is 538 g/mol. The number of para-hydroxylation sites is 1. The van der Waals surface area contributed by atoms with Crippen molar-refractivity contribution in [3.05, 3.63) is 77.4 Å². The number of hydrogen-bond acceptors (Lipinski definition) is 4. The maximum Gasteiger partial charge on any atom is 0.326 e. The quantitative estimate of drug-likeness (QED) is 0.379. The third kappa shape index (κ3) is 6.13. The fraction of sp³-hybridized carbons (Fsp3) is 0.500. The van der Waals surface area contributed by atoms with Crippen LogP contribution in [0.3, 0.4) is 0 Å². The number of amides is 4. The molecule has 2 fully saturated rings. The molecular formula is C34H45N7O2. The first-order chi connectivity index (χ1) is 20.8. The van der Waals surface area contributed by atoms with E-state index in [9.17, 15) is 9.59 Å². The molecule has 4 amide bonds. The van der Waals surface area contributed by atoms with Crippen molar-refractivity contribution in [3.63, 3.8) is 0 Å². The molecule has 3 aliphatic heterocycles. The van der Waals surface area contributed by atoms with E-state index in [1.807, 2.05) is 85.4 Å². The van der Waals surface area contributed by atoms with Crippen molar-refractivity contribution < 1.29 is 9.59 Å². The lowest BCUT2D eigenvalue weighted by molar-refractivity contribution is 0.104. The van der Waals surface area contributed by atoms with Gasteiger partial charge in [-0.2, -0.15) is 0 Å². The van der Waals surface area contributed by atoms with Gasteiger partial charge in [-0.15, -0.1) is 0 Å². The van der Waals surface area contributed by atoms with Gasteiger partial charge in [0.1, 0.15) is 5.82 Å². The number of nitrogens with zero attached hydrogens (tertiary/aromatic N) is 6. The largest absolute Gasteiger partial charge is 0.331 e. The van der Waals surface area contributed by atoms with Crippen LogP contribution in [0.2, 0.25) is 0 Å². The number of benzene rings is 2. The molecule has 0 saturated carbocycles. The molecule has 1 unspecified atom stereocenters. The maximum absolute atomic E-state index is 13.4. The van der Waals surface area contributed by atoms with Crippen molar-refractivity contribution in [2.45, 2.75) is 77.0 Å². The van der Waals surface area contributed by atoms with Gasteiger partial charge in [0.2, 0.25) is 0 Å². The number of anilines is 2. The van der Waals surface area contributed by atoms with Gasteiger partial charge in [0.05, 0.1) is 12.2 Å². The minimum absolute atomic E-state index is 0.0580. The van der Waals surface area contributed by atoms with Gasteiger partial charge in [0.25, 0.3) is 0 Å². The van der Waals surface area contributed by atoms with E-state index in [0.717, 1.165) is 61.7 Å². The Morgan fingerprint density at radius 2 is 1.65 bits per heavy atom. The summed E-state index contributed by atoms with van der Waals surface area (Å²) in [5.74, 6) is 1.08. The highest BCUT2D eigenvalue weighted by Gasteiger charge is 2.42. The van der Waals surface area contributed by atoms with Crippen LogP contribution in [-0.2, 0) is 13.0 Å². The summed E-state index contributed by atoms with van der Waals surface area (Å²) in [6.45, 7) is 7.18. The van der Waals surface area contributed by atoms with Gasteiger partial charge >= 0.3 is 12.1 Å². The van der Waals surface area contributed by atoms with E-state index in [1.165, 1.54) is 24.1 Å². The number of aromatic nitrogens is 2. The van der Waals surface area contributed by atoms with E-state index in [1.54, 1.807) is 4.90 Å². The minimum Gasteiger partial charge on any atom is -0.331 e. The zero-order chi connectivity index (χ0) is 30.1. The molecule has 228 valence electrons. The Morgan fingerprint density at radius 3 is 2.33 bits per heavy atom. The van der Waals surface area contributed by atoms with Gasteiger partial charge in [-0.1, -0.05) is 35.9 Å². The highest BCUT2D eigenvalue weighted by molar-refractivity contribution is 6.01. The molecule has 3 aliphatic rings. The van der Waals surface area contributed by atoms with Crippen LogP contribution >= 0.6 is 0 Å².